The van der Waals surface area contributed by atoms with E-state index in [0.717, 1.165) is 56.1 Å². The number of carbonyl (C=O) groups is 1. The Hall–Kier alpha value is -4.11. The smallest absolute Gasteiger partial charge is 0.341 e. The molecule has 1 aromatic carbocycles. The lowest BCUT2D eigenvalue weighted by Gasteiger charge is -2.32. The van der Waals surface area contributed by atoms with Gasteiger partial charge in [-0.2, -0.15) is 0 Å². The Bertz CT molecular complexity index is 1570. The number of aromatic carboxylic acids is 1. The molecule has 5 heterocycles. The number of rotatable bonds is 7. The zero-order chi connectivity index (χ0) is 26.2. The van der Waals surface area contributed by atoms with Crippen LogP contribution in [0, 0.1) is 0 Å². The third-order valence-corrected chi connectivity index (χ3v) is 7.54. The second kappa shape index (κ2) is 9.98. The van der Waals surface area contributed by atoms with Gasteiger partial charge in [0.05, 0.1) is 28.0 Å². The topological polar surface area (TPSA) is 101 Å². The number of carboxylic acid groups (broad SMARTS) is 1. The lowest BCUT2D eigenvalue weighted by atomic mass is 10.1. The van der Waals surface area contributed by atoms with E-state index in [9.17, 15) is 14.7 Å². The van der Waals surface area contributed by atoms with Crippen LogP contribution in [0.15, 0.2) is 65.8 Å². The number of carboxylic acids is 1. The monoisotopic (exact) mass is 531 g/mol. The average Bonchev–Trinajstić information content (AvgIpc) is 3.36. The first-order valence-electron chi connectivity index (χ1n) is 12.6. The van der Waals surface area contributed by atoms with Gasteiger partial charge in [-0.05, 0) is 43.5 Å². The minimum absolute atomic E-state index is 0.0735. The second-order valence-corrected chi connectivity index (χ2v) is 9.96. The van der Waals surface area contributed by atoms with Crippen LogP contribution in [0.5, 0.6) is 5.88 Å². The van der Waals surface area contributed by atoms with Crippen molar-refractivity contribution in [3.8, 4) is 11.6 Å². The number of anilines is 2. The van der Waals surface area contributed by atoms with E-state index in [1.165, 1.54) is 6.20 Å². The Labute approximate surface area is 223 Å². The first-order chi connectivity index (χ1) is 18.5. The molecule has 0 amide bonds. The number of hydrogen-bond donors (Lipinski definition) is 1. The summed E-state index contributed by atoms with van der Waals surface area (Å²) in [5.41, 5.74) is 1.20. The fourth-order valence-corrected chi connectivity index (χ4v) is 5.41. The summed E-state index contributed by atoms with van der Waals surface area (Å²) in [5, 5.41) is 10.4. The Morgan fingerprint density at radius 1 is 1.08 bits per heavy atom. The molecule has 1 N–H and O–H groups in total. The van der Waals surface area contributed by atoms with Gasteiger partial charge in [-0.3, -0.25) is 4.79 Å². The summed E-state index contributed by atoms with van der Waals surface area (Å²) >= 11 is 6.75. The van der Waals surface area contributed by atoms with Gasteiger partial charge in [0.2, 0.25) is 11.3 Å². The average molecular weight is 532 g/mol. The highest BCUT2D eigenvalue weighted by atomic mass is 35.5. The molecule has 1 atom stereocenters. The molecule has 2 aliphatic heterocycles. The summed E-state index contributed by atoms with van der Waals surface area (Å²) in [4.78, 5) is 38.2. The van der Waals surface area contributed by atoms with Crippen LogP contribution in [0.1, 0.15) is 29.6 Å². The molecule has 0 radical (unpaired) electrons. The van der Waals surface area contributed by atoms with Crippen molar-refractivity contribution in [1.82, 2.24) is 14.5 Å². The molecule has 2 saturated heterocycles. The van der Waals surface area contributed by atoms with Crippen molar-refractivity contribution < 1.29 is 14.6 Å². The molecule has 194 valence electrons. The van der Waals surface area contributed by atoms with Crippen molar-refractivity contribution in [2.75, 3.05) is 36.0 Å². The highest BCUT2D eigenvalue weighted by molar-refractivity contribution is 6.34. The summed E-state index contributed by atoms with van der Waals surface area (Å²) in [5.74, 6) is 0.0989. The van der Waals surface area contributed by atoms with Crippen LogP contribution in [0.2, 0.25) is 5.02 Å². The molecule has 2 aliphatic rings. The number of benzene rings is 1. The van der Waals surface area contributed by atoms with Crippen molar-refractivity contribution in [1.29, 1.82) is 0 Å². The van der Waals surface area contributed by atoms with Gasteiger partial charge in [0.15, 0.2) is 0 Å². The van der Waals surface area contributed by atoms with Gasteiger partial charge in [-0.1, -0.05) is 17.7 Å². The van der Waals surface area contributed by atoms with E-state index in [0.29, 0.717) is 23.0 Å². The Balaban J connectivity index is 1.44. The molecule has 0 saturated carbocycles. The molecule has 38 heavy (non-hydrogen) atoms. The van der Waals surface area contributed by atoms with Gasteiger partial charge in [0.25, 0.3) is 0 Å². The molecule has 0 bridgehead atoms. The van der Waals surface area contributed by atoms with Crippen LogP contribution in [0.4, 0.5) is 11.5 Å². The van der Waals surface area contributed by atoms with Crippen LogP contribution in [0.25, 0.3) is 16.6 Å². The second-order valence-electron chi connectivity index (χ2n) is 9.55. The number of ether oxygens (including phenoxy) is 1. The zero-order valence-corrected chi connectivity index (χ0v) is 21.3. The molecule has 0 aliphatic carbocycles. The number of fused-ring (bicyclic) bond motifs is 1. The molecule has 0 unspecified atom stereocenters. The van der Waals surface area contributed by atoms with Crippen molar-refractivity contribution in [3.63, 3.8) is 0 Å². The summed E-state index contributed by atoms with van der Waals surface area (Å²) in [6.07, 6.45) is 7.80. The van der Waals surface area contributed by atoms with Gasteiger partial charge in [-0.25, -0.2) is 14.8 Å². The van der Waals surface area contributed by atoms with E-state index < -0.39 is 11.4 Å². The molecule has 4 aromatic rings. The lowest BCUT2D eigenvalue weighted by Crippen LogP contribution is -2.37. The van der Waals surface area contributed by atoms with E-state index in [4.69, 9.17) is 16.3 Å². The SMILES string of the molecule is O=C(O)c1cn(-c2ccnc(N3CCC3)c2)c2cc(N3CCC[C@@H]3COc3ccccn3)c(Cl)cc2c1=O. The van der Waals surface area contributed by atoms with Crippen LogP contribution in [0.3, 0.4) is 0 Å². The highest BCUT2D eigenvalue weighted by Crippen LogP contribution is 2.36. The van der Waals surface area contributed by atoms with Gasteiger partial charge in [-0.15, -0.1) is 0 Å². The molecular weight excluding hydrogens is 506 g/mol. The molecular formula is C28H26ClN5O4. The minimum Gasteiger partial charge on any atom is -0.477 e. The third kappa shape index (κ3) is 4.43. The number of hydrogen-bond acceptors (Lipinski definition) is 7. The molecule has 6 rings (SSSR count). The Morgan fingerprint density at radius 3 is 2.68 bits per heavy atom. The standard InChI is InChI=1S/C28H26ClN5O4/c29-22-14-20-23(15-24(22)33-12-3-5-19(33)17-38-26-6-1-2-8-31-26)34(16-21(27(20)35)28(36)37)18-7-9-30-25(13-18)32-10-4-11-32/h1-2,6-9,13-16,19H,3-5,10-12,17H2,(H,36,37)/t19-/m1/s1. The third-order valence-electron chi connectivity index (χ3n) is 7.24. The van der Waals surface area contributed by atoms with Gasteiger partial charge in [0.1, 0.15) is 18.0 Å². The largest absolute Gasteiger partial charge is 0.477 e. The van der Waals surface area contributed by atoms with Crippen LogP contribution >= 0.6 is 11.6 Å². The maximum absolute atomic E-state index is 13.2. The highest BCUT2D eigenvalue weighted by Gasteiger charge is 2.28. The van der Waals surface area contributed by atoms with E-state index >= 15 is 0 Å². The van der Waals surface area contributed by atoms with Crippen LogP contribution in [-0.2, 0) is 0 Å². The number of pyridine rings is 3. The van der Waals surface area contributed by atoms with Crippen molar-refractivity contribution in [2.24, 2.45) is 0 Å². The van der Waals surface area contributed by atoms with Gasteiger partial charge >= 0.3 is 5.97 Å². The number of halogens is 1. The Kier molecular flexibility index (Phi) is 6.37. The fourth-order valence-electron chi connectivity index (χ4n) is 5.14. The van der Waals surface area contributed by atoms with Crippen LogP contribution in [-0.4, -0.2) is 57.9 Å². The maximum atomic E-state index is 13.2. The Morgan fingerprint density at radius 2 is 1.95 bits per heavy atom. The van der Waals surface area contributed by atoms with E-state index in [-0.39, 0.29) is 17.0 Å². The zero-order valence-electron chi connectivity index (χ0n) is 20.6. The maximum Gasteiger partial charge on any atom is 0.341 e. The van der Waals surface area contributed by atoms with Gasteiger partial charge < -0.3 is 24.2 Å². The summed E-state index contributed by atoms with van der Waals surface area (Å²) in [6.45, 7) is 3.09. The molecule has 0 spiro atoms. The quantitative estimate of drug-likeness (QED) is 0.375. The first-order valence-corrected chi connectivity index (χ1v) is 13.0. The lowest BCUT2D eigenvalue weighted by molar-refractivity contribution is 0.0695. The van der Waals surface area contributed by atoms with E-state index in [1.54, 1.807) is 23.0 Å². The molecule has 3 aromatic heterocycles. The normalized spacial score (nSPS) is 17.0. The summed E-state index contributed by atoms with van der Waals surface area (Å²) in [7, 11) is 0. The van der Waals surface area contributed by atoms with E-state index in [1.807, 2.05) is 36.4 Å². The van der Waals surface area contributed by atoms with Gasteiger partial charge in [0, 0.05) is 55.7 Å². The molecule has 2 fully saturated rings. The number of aromatic nitrogens is 3. The first kappa shape index (κ1) is 24.2. The van der Waals surface area contributed by atoms with Crippen molar-refractivity contribution in [3.05, 3.63) is 81.9 Å². The minimum atomic E-state index is -1.28. The van der Waals surface area contributed by atoms with Crippen molar-refractivity contribution >= 4 is 40.0 Å². The summed E-state index contributed by atoms with van der Waals surface area (Å²) < 4.78 is 7.70. The number of nitrogens with zero attached hydrogens (tertiary/aromatic N) is 5. The van der Waals surface area contributed by atoms with Crippen LogP contribution < -0.4 is 20.0 Å². The van der Waals surface area contributed by atoms with E-state index in [2.05, 4.69) is 19.8 Å². The molecule has 9 nitrogen and oxygen atoms in total. The van der Waals surface area contributed by atoms with Crippen molar-refractivity contribution in [2.45, 2.75) is 25.3 Å². The molecule has 10 heteroatoms. The predicted molar refractivity (Wildman–Crippen MR) is 146 cm³/mol. The fraction of sp³-hybridized carbons (Fsp3) is 0.286. The predicted octanol–water partition coefficient (Wildman–Crippen LogP) is 4.39. The summed E-state index contributed by atoms with van der Waals surface area (Å²) in [6, 6.07) is 12.8.